The standard InChI is InChI=1S/C19H15Cl2N3O3S/c1-26-14-6-4-10(8-15(14)27-2)16-9-17(25)24-19(28-16)22-18(23-24)11-3-5-12(20)13(21)7-11/h3-8,16H,9H2,1-2H3. The molecule has 0 N–H and O–H groups in total. The van der Waals surface area contributed by atoms with Gasteiger partial charge in [0.15, 0.2) is 22.5 Å². The van der Waals surface area contributed by atoms with Gasteiger partial charge in [0.1, 0.15) is 0 Å². The van der Waals surface area contributed by atoms with Gasteiger partial charge in [-0.05, 0) is 35.9 Å². The van der Waals surface area contributed by atoms with Crippen LogP contribution in [0.4, 0.5) is 0 Å². The first-order chi connectivity index (χ1) is 13.5. The molecule has 2 heterocycles. The van der Waals surface area contributed by atoms with Crippen LogP contribution in [0.5, 0.6) is 11.5 Å². The molecule has 6 nitrogen and oxygen atoms in total. The predicted molar refractivity (Wildman–Crippen MR) is 109 cm³/mol. The number of hydrogen-bond donors (Lipinski definition) is 0. The van der Waals surface area contributed by atoms with Crippen LogP contribution in [0, 0.1) is 0 Å². The summed E-state index contributed by atoms with van der Waals surface area (Å²) in [5.41, 5.74) is 1.66. The lowest BCUT2D eigenvalue weighted by Gasteiger charge is -2.21. The average molecular weight is 436 g/mol. The summed E-state index contributed by atoms with van der Waals surface area (Å²) < 4.78 is 12.0. The van der Waals surface area contributed by atoms with Crippen molar-refractivity contribution < 1.29 is 14.3 Å². The van der Waals surface area contributed by atoms with Gasteiger partial charge in [0.2, 0.25) is 0 Å². The Bertz CT molecular complexity index is 1070. The molecule has 2 aromatic carbocycles. The molecule has 144 valence electrons. The number of hydrogen-bond acceptors (Lipinski definition) is 6. The summed E-state index contributed by atoms with van der Waals surface area (Å²) in [4.78, 5) is 17.2. The van der Waals surface area contributed by atoms with Crippen LogP contribution in [0.1, 0.15) is 22.0 Å². The van der Waals surface area contributed by atoms with Gasteiger partial charge >= 0.3 is 0 Å². The number of halogens is 2. The van der Waals surface area contributed by atoms with Gasteiger partial charge in [-0.25, -0.2) is 4.98 Å². The van der Waals surface area contributed by atoms with Crippen molar-refractivity contribution in [1.29, 1.82) is 0 Å². The van der Waals surface area contributed by atoms with Crippen LogP contribution in [0.2, 0.25) is 10.0 Å². The Hall–Kier alpha value is -2.22. The number of carbonyl (C=O) groups is 1. The molecule has 0 fully saturated rings. The molecule has 4 rings (SSSR count). The van der Waals surface area contributed by atoms with Gasteiger partial charge in [0.05, 0.1) is 24.3 Å². The van der Waals surface area contributed by atoms with Crippen molar-refractivity contribution >= 4 is 40.9 Å². The molecule has 0 saturated heterocycles. The number of benzene rings is 2. The predicted octanol–water partition coefficient (Wildman–Crippen LogP) is 5.15. The number of rotatable bonds is 4. The first-order valence-corrected chi connectivity index (χ1v) is 9.98. The Morgan fingerprint density at radius 2 is 1.86 bits per heavy atom. The van der Waals surface area contributed by atoms with Gasteiger partial charge in [-0.1, -0.05) is 41.0 Å². The number of methoxy groups -OCH3 is 2. The Morgan fingerprint density at radius 3 is 2.57 bits per heavy atom. The minimum atomic E-state index is -0.118. The van der Waals surface area contributed by atoms with E-state index in [9.17, 15) is 4.79 Å². The minimum absolute atomic E-state index is 0.0920. The smallest absolute Gasteiger partial charge is 0.250 e. The van der Waals surface area contributed by atoms with Gasteiger partial charge in [0.25, 0.3) is 5.91 Å². The van der Waals surface area contributed by atoms with Crippen molar-refractivity contribution in [2.24, 2.45) is 0 Å². The number of nitrogens with zero attached hydrogens (tertiary/aromatic N) is 3. The molecule has 1 aliphatic rings. The molecule has 0 amide bonds. The molecule has 0 bridgehead atoms. The van der Waals surface area contributed by atoms with Crippen LogP contribution in [0.3, 0.4) is 0 Å². The molecule has 0 aliphatic carbocycles. The maximum absolute atomic E-state index is 12.7. The van der Waals surface area contributed by atoms with E-state index in [-0.39, 0.29) is 11.2 Å². The number of ether oxygens (including phenoxy) is 2. The van der Waals surface area contributed by atoms with E-state index >= 15 is 0 Å². The molecule has 0 radical (unpaired) electrons. The van der Waals surface area contributed by atoms with Crippen LogP contribution >= 0.6 is 35.0 Å². The fourth-order valence-corrected chi connectivity index (χ4v) is 4.39. The van der Waals surface area contributed by atoms with Crippen LogP contribution in [-0.4, -0.2) is 34.9 Å². The first-order valence-electron chi connectivity index (χ1n) is 8.34. The summed E-state index contributed by atoms with van der Waals surface area (Å²) in [7, 11) is 3.17. The summed E-state index contributed by atoms with van der Waals surface area (Å²) in [5, 5.41) is 5.66. The summed E-state index contributed by atoms with van der Waals surface area (Å²) in [6, 6.07) is 10.8. The monoisotopic (exact) mass is 435 g/mol. The second kappa shape index (κ2) is 7.66. The van der Waals surface area contributed by atoms with Crippen LogP contribution in [-0.2, 0) is 0 Å². The number of fused-ring (bicyclic) bond motifs is 1. The zero-order valence-electron chi connectivity index (χ0n) is 15.0. The zero-order chi connectivity index (χ0) is 19.8. The molecule has 1 aliphatic heterocycles. The van der Waals surface area contributed by atoms with Crippen molar-refractivity contribution in [3.63, 3.8) is 0 Å². The third-order valence-corrected chi connectivity index (χ3v) is 6.32. The third-order valence-electron chi connectivity index (χ3n) is 4.38. The van der Waals surface area contributed by atoms with Gasteiger partial charge in [-0.2, -0.15) is 4.68 Å². The molecule has 0 spiro atoms. The van der Waals surface area contributed by atoms with E-state index in [1.807, 2.05) is 18.2 Å². The average Bonchev–Trinajstić information content (AvgIpc) is 3.14. The maximum Gasteiger partial charge on any atom is 0.250 e. The second-order valence-corrected chi connectivity index (χ2v) is 8.06. The number of aromatic nitrogens is 3. The minimum Gasteiger partial charge on any atom is -0.493 e. The SMILES string of the molecule is COc1ccc(C2CC(=O)n3nc(-c4ccc(Cl)c(Cl)c4)nc3S2)cc1OC. The molecule has 1 atom stereocenters. The van der Waals surface area contributed by atoms with Crippen molar-refractivity contribution in [2.45, 2.75) is 16.8 Å². The molecule has 1 unspecified atom stereocenters. The highest BCUT2D eigenvalue weighted by atomic mass is 35.5. The van der Waals surface area contributed by atoms with Crippen LogP contribution in [0.25, 0.3) is 11.4 Å². The largest absolute Gasteiger partial charge is 0.493 e. The fraction of sp³-hybridized carbons (Fsp3) is 0.211. The van der Waals surface area contributed by atoms with Crippen molar-refractivity contribution in [1.82, 2.24) is 14.8 Å². The Kier molecular flexibility index (Phi) is 5.23. The summed E-state index contributed by atoms with van der Waals surface area (Å²) >= 11 is 13.5. The second-order valence-electron chi connectivity index (χ2n) is 6.08. The van der Waals surface area contributed by atoms with Gasteiger partial charge in [0, 0.05) is 17.2 Å². The van der Waals surface area contributed by atoms with E-state index in [1.165, 1.54) is 16.4 Å². The Labute approximate surface area is 175 Å². The van der Waals surface area contributed by atoms with Gasteiger partial charge < -0.3 is 9.47 Å². The van der Waals surface area contributed by atoms with E-state index in [1.54, 1.807) is 32.4 Å². The Balaban J connectivity index is 1.66. The number of carbonyl (C=O) groups excluding carboxylic acids is 1. The lowest BCUT2D eigenvalue weighted by atomic mass is 10.1. The van der Waals surface area contributed by atoms with E-state index in [0.29, 0.717) is 44.5 Å². The van der Waals surface area contributed by atoms with E-state index in [0.717, 1.165) is 5.56 Å². The molecule has 9 heteroatoms. The molecule has 0 saturated carbocycles. The summed E-state index contributed by atoms with van der Waals surface area (Å²) in [6.45, 7) is 0. The van der Waals surface area contributed by atoms with Crippen LogP contribution in [0.15, 0.2) is 41.6 Å². The fourth-order valence-electron chi connectivity index (χ4n) is 2.95. The summed E-state index contributed by atoms with van der Waals surface area (Å²) in [5.74, 6) is 1.58. The molecule has 28 heavy (non-hydrogen) atoms. The highest BCUT2D eigenvalue weighted by molar-refractivity contribution is 7.99. The molecule has 3 aromatic rings. The van der Waals surface area contributed by atoms with E-state index in [2.05, 4.69) is 10.1 Å². The van der Waals surface area contributed by atoms with Gasteiger partial charge in [-0.15, -0.1) is 5.10 Å². The van der Waals surface area contributed by atoms with Crippen molar-refractivity contribution in [3.05, 3.63) is 52.0 Å². The molecular formula is C19H15Cl2N3O3S. The van der Waals surface area contributed by atoms with Gasteiger partial charge in [-0.3, -0.25) is 4.79 Å². The first kappa shape index (κ1) is 19.1. The number of thioether (sulfide) groups is 1. The highest BCUT2D eigenvalue weighted by Gasteiger charge is 2.30. The highest BCUT2D eigenvalue weighted by Crippen LogP contribution is 2.43. The lowest BCUT2D eigenvalue weighted by Crippen LogP contribution is -2.21. The molecule has 1 aromatic heterocycles. The van der Waals surface area contributed by atoms with E-state index < -0.39 is 0 Å². The van der Waals surface area contributed by atoms with Crippen molar-refractivity contribution in [2.75, 3.05) is 14.2 Å². The zero-order valence-corrected chi connectivity index (χ0v) is 17.3. The van der Waals surface area contributed by atoms with Crippen molar-refractivity contribution in [3.8, 4) is 22.9 Å². The van der Waals surface area contributed by atoms with Crippen LogP contribution < -0.4 is 9.47 Å². The topological polar surface area (TPSA) is 66.2 Å². The Morgan fingerprint density at radius 1 is 1.07 bits per heavy atom. The maximum atomic E-state index is 12.7. The summed E-state index contributed by atoms with van der Waals surface area (Å²) in [6.07, 6.45) is 0.303. The quantitative estimate of drug-likeness (QED) is 0.564. The molecular weight excluding hydrogens is 421 g/mol. The lowest BCUT2D eigenvalue weighted by molar-refractivity contribution is 0.0868. The third kappa shape index (κ3) is 3.45. The normalized spacial score (nSPS) is 16.0. The van der Waals surface area contributed by atoms with E-state index in [4.69, 9.17) is 32.7 Å².